The molecule has 1 atom stereocenters. The highest BCUT2D eigenvalue weighted by molar-refractivity contribution is 6.00. The van der Waals surface area contributed by atoms with E-state index in [2.05, 4.69) is 12.2 Å². The molecule has 0 aromatic carbocycles. The molecule has 1 N–H and O–H groups in total. The fourth-order valence-electron chi connectivity index (χ4n) is 3.93. The topological polar surface area (TPSA) is 49.4 Å². The predicted octanol–water partition coefficient (Wildman–Crippen LogP) is 2.61. The lowest BCUT2D eigenvalue weighted by atomic mass is 9.83. The number of amides is 2. The second-order valence-electron chi connectivity index (χ2n) is 6.20. The summed E-state index contributed by atoms with van der Waals surface area (Å²) in [5.74, 6) is 0.217. The minimum Gasteiger partial charge on any atom is -0.342 e. The Hall–Kier alpha value is -1.06. The van der Waals surface area contributed by atoms with Crippen molar-refractivity contribution in [1.29, 1.82) is 0 Å². The van der Waals surface area contributed by atoms with Crippen LogP contribution in [0.4, 0.5) is 0 Å². The van der Waals surface area contributed by atoms with Crippen molar-refractivity contribution in [3.05, 3.63) is 0 Å². The highest BCUT2D eigenvalue weighted by atomic mass is 16.2. The van der Waals surface area contributed by atoms with E-state index < -0.39 is 5.54 Å². The smallest absolute Gasteiger partial charge is 0.246 e. The first kappa shape index (κ1) is 15.3. The lowest BCUT2D eigenvalue weighted by Gasteiger charge is -2.50. The summed E-state index contributed by atoms with van der Waals surface area (Å²) in [6.07, 6.45) is 7.54. The van der Waals surface area contributed by atoms with Gasteiger partial charge in [-0.2, -0.15) is 0 Å². The first-order valence-electron chi connectivity index (χ1n) is 8.24. The number of piperazine rings is 1. The van der Waals surface area contributed by atoms with E-state index in [4.69, 9.17) is 0 Å². The van der Waals surface area contributed by atoms with Crippen molar-refractivity contribution in [3.63, 3.8) is 0 Å². The Morgan fingerprint density at radius 2 is 1.75 bits per heavy atom. The number of nitrogens with one attached hydrogen (secondary N) is 1. The maximum Gasteiger partial charge on any atom is 0.246 e. The molecule has 114 valence electrons. The highest BCUT2D eigenvalue weighted by Gasteiger charge is 2.52. The molecular weight excluding hydrogens is 252 g/mol. The molecule has 0 spiro atoms. The van der Waals surface area contributed by atoms with Crippen LogP contribution < -0.4 is 5.32 Å². The number of rotatable bonds is 5. The molecule has 2 aliphatic rings. The molecule has 4 heteroatoms. The van der Waals surface area contributed by atoms with Crippen LogP contribution in [0.3, 0.4) is 0 Å². The number of nitrogens with zero attached hydrogens (tertiary/aromatic N) is 1. The van der Waals surface area contributed by atoms with Crippen LogP contribution in [-0.2, 0) is 9.59 Å². The number of hydrogen-bond donors (Lipinski definition) is 1. The molecule has 0 aromatic rings. The first-order valence-corrected chi connectivity index (χ1v) is 8.24. The van der Waals surface area contributed by atoms with Gasteiger partial charge in [-0.05, 0) is 32.1 Å². The van der Waals surface area contributed by atoms with Crippen LogP contribution in [0.5, 0.6) is 0 Å². The van der Waals surface area contributed by atoms with E-state index in [1.54, 1.807) is 0 Å². The largest absolute Gasteiger partial charge is 0.342 e. The van der Waals surface area contributed by atoms with E-state index in [-0.39, 0.29) is 23.9 Å². The normalized spacial score (nSPS) is 26.9. The average Bonchev–Trinajstić information content (AvgIpc) is 2.96. The molecule has 1 saturated carbocycles. The van der Waals surface area contributed by atoms with E-state index in [0.29, 0.717) is 12.8 Å². The van der Waals surface area contributed by atoms with E-state index in [9.17, 15) is 9.59 Å². The van der Waals surface area contributed by atoms with Crippen LogP contribution in [0, 0.1) is 0 Å². The molecule has 1 aliphatic carbocycles. The standard InChI is InChI=1S/C16H28N2O2/c1-4-9-13-14(19)18(12-10-7-8-11-12)16(5-2,6-3)15(20)17-13/h12-13H,4-11H2,1-3H3,(H,17,20). The zero-order chi connectivity index (χ0) is 14.8. The van der Waals surface area contributed by atoms with Crippen molar-refractivity contribution in [2.45, 2.75) is 89.8 Å². The van der Waals surface area contributed by atoms with Gasteiger partial charge in [-0.15, -0.1) is 0 Å². The van der Waals surface area contributed by atoms with Crippen LogP contribution >= 0.6 is 0 Å². The lowest BCUT2D eigenvalue weighted by molar-refractivity contribution is -0.162. The molecule has 20 heavy (non-hydrogen) atoms. The summed E-state index contributed by atoms with van der Waals surface area (Å²) in [5, 5.41) is 2.98. The van der Waals surface area contributed by atoms with Gasteiger partial charge < -0.3 is 10.2 Å². The minimum absolute atomic E-state index is 0.0625. The maximum absolute atomic E-state index is 12.9. The van der Waals surface area contributed by atoms with Crippen LogP contribution in [0.1, 0.15) is 72.1 Å². The Balaban J connectivity index is 2.35. The second-order valence-corrected chi connectivity index (χ2v) is 6.20. The van der Waals surface area contributed by atoms with Crippen molar-refractivity contribution in [1.82, 2.24) is 10.2 Å². The van der Waals surface area contributed by atoms with Crippen molar-refractivity contribution in [2.75, 3.05) is 0 Å². The zero-order valence-corrected chi connectivity index (χ0v) is 13.1. The van der Waals surface area contributed by atoms with Gasteiger partial charge in [0, 0.05) is 6.04 Å². The molecule has 1 unspecified atom stereocenters. The second kappa shape index (κ2) is 6.15. The third-order valence-electron chi connectivity index (χ3n) is 5.16. The summed E-state index contributed by atoms with van der Waals surface area (Å²) in [5.41, 5.74) is -0.615. The highest BCUT2D eigenvalue weighted by Crippen LogP contribution is 2.36. The van der Waals surface area contributed by atoms with Gasteiger partial charge in [-0.1, -0.05) is 40.0 Å². The molecule has 2 rings (SSSR count). The van der Waals surface area contributed by atoms with Crippen LogP contribution in [-0.4, -0.2) is 34.3 Å². The summed E-state index contributed by atoms with van der Waals surface area (Å²) in [6, 6.07) is -0.0351. The van der Waals surface area contributed by atoms with Gasteiger partial charge in [-0.3, -0.25) is 9.59 Å². The van der Waals surface area contributed by atoms with E-state index >= 15 is 0 Å². The first-order chi connectivity index (χ1) is 9.60. The zero-order valence-electron chi connectivity index (χ0n) is 13.1. The third kappa shape index (κ3) is 2.33. The van der Waals surface area contributed by atoms with Crippen molar-refractivity contribution >= 4 is 11.8 Å². The van der Waals surface area contributed by atoms with Crippen molar-refractivity contribution in [3.8, 4) is 0 Å². The van der Waals surface area contributed by atoms with Gasteiger partial charge in [0.15, 0.2) is 0 Å². The Bertz CT molecular complexity index is 371. The molecule has 0 radical (unpaired) electrons. The van der Waals surface area contributed by atoms with Crippen LogP contribution in [0.25, 0.3) is 0 Å². The van der Waals surface area contributed by atoms with Gasteiger partial charge >= 0.3 is 0 Å². The summed E-state index contributed by atoms with van der Waals surface area (Å²) in [7, 11) is 0. The monoisotopic (exact) mass is 280 g/mol. The molecule has 2 amide bonds. The molecule has 4 nitrogen and oxygen atoms in total. The number of carbonyl (C=O) groups is 2. The number of carbonyl (C=O) groups excluding carboxylic acids is 2. The van der Waals surface area contributed by atoms with Gasteiger partial charge in [0.05, 0.1) is 0 Å². The number of hydrogen-bond acceptors (Lipinski definition) is 2. The molecule has 1 heterocycles. The van der Waals surface area contributed by atoms with Gasteiger partial charge in [0.25, 0.3) is 0 Å². The molecular formula is C16H28N2O2. The summed E-state index contributed by atoms with van der Waals surface area (Å²) in [4.78, 5) is 27.5. The summed E-state index contributed by atoms with van der Waals surface area (Å²) < 4.78 is 0. The fourth-order valence-corrected chi connectivity index (χ4v) is 3.93. The predicted molar refractivity (Wildman–Crippen MR) is 79.3 cm³/mol. The van der Waals surface area contributed by atoms with E-state index in [1.807, 2.05) is 18.7 Å². The van der Waals surface area contributed by atoms with Gasteiger partial charge in [0.2, 0.25) is 11.8 Å². The lowest BCUT2D eigenvalue weighted by Crippen LogP contribution is -2.72. The van der Waals surface area contributed by atoms with Crippen LogP contribution in [0.15, 0.2) is 0 Å². The summed E-state index contributed by atoms with van der Waals surface area (Å²) >= 11 is 0. The van der Waals surface area contributed by atoms with Crippen molar-refractivity contribution in [2.24, 2.45) is 0 Å². The minimum atomic E-state index is -0.615. The molecule has 2 fully saturated rings. The van der Waals surface area contributed by atoms with E-state index in [0.717, 1.165) is 25.7 Å². The van der Waals surface area contributed by atoms with Gasteiger partial charge in [-0.25, -0.2) is 0 Å². The average molecular weight is 280 g/mol. The molecule has 1 saturated heterocycles. The fraction of sp³-hybridized carbons (Fsp3) is 0.875. The molecule has 0 aromatic heterocycles. The molecule has 0 bridgehead atoms. The molecule has 1 aliphatic heterocycles. The summed E-state index contributed by atoms with van der Waals surface area (Å²) in [6.45, 7) is 6.11. The Kier molecular flexibility index (Phi) is 4.71. The quantitative estimate of drug-likeness (QED) is 0.841. The van der Waals surface area contributed by atoms with Gasteiger partial charge in [0.1, 0.15) is 11.6 Å². The van der Waals surface area contributed by atoms with E-state index in [1.165, 1.54) is 12.8 Å². The van der Waals surface area contributed by atoms with Crippen LogP contribution in [0.2, 0.25) is 0 Å². The Morgan fingerprint density at radius 1 is 1.15 bits per heavy atom. The Morgan fingerprint density at radius 3 is 2.25 bits per heavy atom. The maximum atomic E-state index is 12.9. The Labute approximate surface area is 122 Å². The van der Waals surface area contributed by atoms with Crippen molar-refractivity contribution < 1.29 is 9.59 Å². The third-order valence-corrected chi connectivity index (χ3v) is 5.16. The SMILES string of the molecule is CCCC1NC(=O)C(CC)(CC)N(C2CCCC2)C1=O.